The number of nitrogens with zero attached hydrogens (tertiary/aromatic N) is 3. The third kappa shape index (κ3) is 5.49. The van der Waals surface area contributed by atoms with Crippen molar-refractivity contribution in [2.24, 2.45) is 0 Å². The van der Waals surface area contributed by atoms with Crippen LogP contribution in [0.3, 0.4) is 0 Å². The van der Waals surface area contributed by atoms with Crippen LogP contribution in [0.25, 0.3) is 11.3 Å². The maximum Gasteiger partial charge on any atom is 0.345 e. The van der Waals surface area contributed by atoms with Crippen molar-refractivity contribution in [2.45, 2.75) is 33.2 Å². The highest BCUT2D eigenvalue weighted by Crippen LogP contribution is 2.38. The third-order valence-corrected chi connectivity index (χ3v) is 4.85. The Labute approximate surface area is 196 Å². The van der Waals surface area contributed by atoms with Crippen LogP contribution in [0.1, 0.15) is 32.4 Å². The third-order valence-electron chi connectivity index (χ3n) is 4.29. The molecule has 13 heteroatoms. The van der Waals surface area contributed by atoms with Gasteiger partial charge in [-0.2, -0.15) is 5.10 Å². The Balaban J connectivity index is 1.99. The topological polar surface area (TPSA) is 149 Å². The van der Waals surface area contributed by atoms with Gasteiger partial charge in [0.15, 0.2) is 11.4 Å². The van der Waals surface area contributed by atoms with Crippen LogP contribution in [0.15, 0.2) is 32.7 Å². The van der Waals surface area contributed by atoms with Crippen LogP contribution in [-0.2, 0) is 16.1 Å². The quantitative estimate of drug-likeness (QED) is 0.474. The summed E-state index contributed by atoms with van der Waals surface area (Å²) in [6.45, 7) is 4.87. The molecular weight excluding hydrogens is 477 g/mol. The Morgan fingerprint density at radius 1 is 1.15 bits per heavy atom. The lowest BCUT2D eigenvalue weighted by Gasteiger charge is -2.12. The van der Waals surface area contributed by atoms with Crippen molar-refractivity contribution in [1.82, 2.24) is 24.7 Å². The van der Waals surface area contributed by atoms with Crippen molar-refractivity contribution in [1.29, 1.82) is 0 Å². The molecule has 0 aliphatic carbocycles. The van der Waals surface area contributed by atoms with E-state index in [9.17, 15) is 19.2 Å². The Morgan fingerprint density at radius 2 is 1.82 bits per heavy atom. The zero-order valence-electron chi connectivity index (χ0n) is 17.8. The first-order valence-corrected chi connectivity index (χ1v) is 10.5. The van der Waals surface area contributed by atoms with Crippen molar-refractivity contribution >= 4 is 29.2 Å². The molecule has 2 aromatic heterocycles. The number of hydrogen-bond acceptors (Lipinski definition) is 8. The van der Waals surface area contributed by atoms with Crippen molar-refractivity contribution in [3.63, 3.8) is 0 Å². The fourth-order valence-corrected chi connectivity index (χ4v) is 3.37. The summed E-state index contributed by atoms with van der Waals surface area (Å²) in [4.78, 5) is 56.7. The van der Waals surface area contributed by atoms with Gasteiger partial charge in [0.1, 0.15) is 12.2 Å². The number of esters is 1. The lowest BCUT2D eigenvalue weighted by Crippen LogP contribution is -2.35. The number of aromatic amines is 2. The number of hydrogen-bond donors (Lipinski definition) is 2. The van der Waals surface area contributed by atoms with E-state index < -0.39 is 23.8 Å². The predicted octanol–water partition coefficient (Wildman–Crippen LogP) is 2.47. The van der Waals surface area contributed by atoms with Gasteiger partial charge in [0.2, 0.25) is 5.88 Å². The van der Waals surface area contributed by atoms with Crippen LogP contribution < -0.4 is 21.5 Å². The first kappa shape index (κ1) is 24.2. The minimum Gasteiger partial charge on any atom is -0.465 e. The van der Waals surface area contributed by atoms with Crippen LogP contribution in [0.5, 0.6) is 11.6 Å². The van der Waals surface area contributed by atoms with Gasteiger partial charge < -0.3 is 14.5 Å². The molecule has 0 spiro atoms. The maximum absolute atomic E-state index is 12.3. The molecule has 0 fully saturated rings. The van der Waals surface area contributed by atoms with Gasteiger partial charge in [-0.3, -0.25) is 19.4 Å². The SMILES string of the molecule is CCOC(=O)Cn1nc(-c2cc(Cl)c(Oc3c[nH]c(=O)c(C(C)C)n3)c(Cl)c2)c(=O)[nH]c1=O. The van der Waals surface area contributed by atoms with Crippen molar-refractivity contribution < 1.29 is 14.3 Å². The van der Waals surface area contributed by atoms with Crippen molar-refractivity contribution in [3.05, 3.63) is 65.3 Å². The molecule has 33 heavy (non-hydrogen) atoms. The zero-order chi connectivity index (χ0) is 24.3. The molecule has 2 N–H and O–H groups in total. The number of carbonyl (C=O) groups excluding carboxylic acids is 1. The largest absolute Gasteiger partial charge is 0.465 e. The van der Waals surface area contributed by atoms with Gasteiger partial charge in [-0.1, -0.05) is 37.0 Å². The number of nitrogens with one attached hydrogen (secondary N) is 2. The molecule has 3 rings (SSSR count). The van der Waals surface area contributed by atoms with Crippen molar-refractivity contribution in [3.8, 4) is 22.9 Å². The van der Waals surface area contributed by atoms with Crippen molar-refractivity contribution in [2.75, 3.05) is 6.61 Å². The van der Waals surface area contributed by atoms with E-state index in [0.717, 1.165) is 4.68 Å². The molecule has 11 nitrogen and oxygen atoms in total. The summed E-state index contributed by atoms with van der Waals surface area (Å²) in [6.07, 6.45) is 1.27. The van der Waals surface area contributed by atoms with Gasteiger partial charge in [-0.25, -0.2) is 14.5 Å². The summed E-state index contributed by atoms with van der Waals surface area (Å²) in [5.74, 6) is -0.741. The lowest BCUT2D eigenvalue weighted by molar-refractivity contribution is -0.144. The van der Waals surface area contributed by atoms with Gasteiger partial charge >= 0.3 is 11.7 Å². The zero-order valence-corrected chi connectivity index (χ0v) is 19.3. The first-order chi connectivity index (χ1) is 15.6. The van der Waals surface area contributed by atoms with Crippen LogP contribution in [-0.4, -0.2) is 37.3 Å². The van der Waals surface area contributed by atoms with E-state index in [1.807, 2.05) is 13.8 Å². The number of carbonyl (C=O) groups is 1. The molecule has 3 aromatic rings. The second kappa shape index (κ2) is 10.0. The number of benzene rings is 1. The minimum absolute atomic E-state index is 0.0148. The average molecular weight is 496 g/mol. The molecule has 0 unspecified atom stereocenters. The fraction of sp³-hybridized carbons (Fsp3) is 0.300. The van der Waals surface area contributed by atoms with Gasteiger partial charge in [0, 0.05) is 11.5 Å². The molecule has 0 bridgehead atoms. The second-order valence-electron chi connectivity index (χ2n) is 7.05. The maximum atomic E-state index is 12.3. The molecule has 0 aliphatic heterocycles. The second-order valence-corrected chi connectivity index (χ2v) is 7.86. The van der Waals surface area contributed by atoms with Gasteiger partial charge in [0.05, 0.1) is 22.8 Å². The molecule has 1 aromatic carbocycles. The van der Waals surface area contributed by atoms with E-state index in [-0.39, 0.29) is 56.7 Å². The molecule has 0 atom stereocenters. The summed E-state index contributed by atoms with van der Waals surface area (Å²) >= 11 is 12.7. The van der Waals surface area contributed by atoms with Crippen LogP contribution >= 0.6 is 23.2 Å². The van der Waals surface area contributed by atoms with E-state index in [1.165, 1.54) is 18.3 Å². The fourth-order valence-electron chi connectivity index (χ4n) is 2.80. The van der Waals surface area contributed by atoms with E-state index in [2.05, 4.69) is 20.1 Å². The molecule has 174 valence electrons. The Kier molecular flexibility index (Phi) is 7.34. The lowest BCUT2D eigenvalue weighted by atomic mass is 10.1. The summed E-state index contributed by atoms with van der Waals surface area (Å²) in [6, 6.07) is 2.71. The predicted molar refractivity (Wildman–Crippen MR) is 120 cm³/mol. The molecule has 0 aliphatic rings. The standard InChI is InChI=1S/C20H19Cl2N5O6/c1-4-32-14(28)8-27-20(31)25-19(30)16(26-27)10-5-11(21)17(12(22)6-10)33-13-7-23-18(29)15(24-13)9(2)3/h5-7,9H,4,8H2,1-3H3,(H,23,29)(H,25,30,31). The number of halogens is 2. The van der Waals surface area contributed by atoms with E-state index in [1.54, 1.807) is 6.92 Å². The van der Waals surface area contributed by atoms with Gasteiger partial charge in [-0.05, 0) is 19.1 Å². The Hall–Kier alpha value is -3.44. The summed E-state index contributed by atoms with van der Waals surface area (Å²) in [7, 11) is 0. The minimum atomic E-state index is -0.876. The number of H-pyrrole nitrogens is 2. The smallest absolute Gasteiger partial charge is 0.345 e. The normalized spacial score (nSPS) is 11.0. The molecular formula is C20H19Cl2N5O6. The summed E-state index contributed by atoms with van der Waals surface area (Å²) in [5.41, 5.74) is -1.76. The number of ether oxygens (including phenoxy) is 2. The van der Waals surface area contributed by atoms with Crippen LogP contribution in [0.4, 0.5) is 0 Å². The first-order valence-electron chi connectivity index (χ1n) is 9.74. The Bertz CT molecular complexity index is 1360. The molecule has 0 saturated heterocycles. The van der Waals surface area contributed by atoms with Crippen LogP contribution in [0.2, 0.25) is 10.0 Å². The van der Waals surface area contributed by atoms with Gasteiger partial charge in [0.25, 0.3) is 11.1 Å². The number of aromatic nitrogens is 5. The molecule has 2 heterocycles. The Morgan fingerprint density at radius 3 is 2.42 bits per heavy atom. The van der Waals surface area contributed by atoms with E-state index >= 15 is 0 Å². The van der Waals surface area contributed by atoms with E-state index in [0.29, 0.717) is 0 Å². The summed E-state index contributed by atoms with van der Waals surface area (Å²) in [5, 5.41) is 3.98. The average Bonchev–Trinajstić information content (AvgIpc) is 2.73. The summed E-state index contributed by atoms with van der Waals surface area (Å²) < 4.78 is 11.2. The molecule has 0 amide bonds. The van der Waals surface area contributed by atoms with E-state index in [4.69, 9.17) is 32.7 Å². The number of rotatable bonds is 7. The van der Waals surface area contributed by atoms with Crippen LogP contribution in [0, 0.1) is 0 Å². The van der Waals surface area contributed by atoms with Gasteiger partial charge in [-0.15, -0.1) is 0 Å². The monoisotopic (exact) mass is 495 g/mol. The molecule has 0 saturated carbocycles. The highest BCUT2D eigenvalue weighted by molar-refractivity contribution is 6.37. The highest BCUT2D eigenvalue weighted by Gasteiger charge is 2.18. The molecule has 0 radical (unpaired) electrons. The highest BCUT2D eigenvalue weighted by atomic mass is 35.5.